The van der Waals surface area contributed by atoms with Crippen molar-refractivity contribution in [3.8, 4) is 5.75 Å². The summed E-state index contributed by atoms with van der Waals surface area (Å²) in [6, 6.07) is 5.60. The number of aryl methyl sites for hydroxylation is 1. The van der Waals surface area contributed by atoms with E-state index in [9.17, 15) is 0 Å². The van der Waals surface area contributed by atoms with Crippen molar-refractivity contribution in [1.82, 2.24) is 4.98 Å². The number of ether oxygens (including phenoxy) is 1. The lowest BCUT2D eigenvalue weighted by Crippen LogP contribution is -1.89. The van der Waals surface area contributed by atoms with Crippen LogP contribution in [0.5, 0.6) is 5.75 Å². The molecule has 2 aromatic rings. The quantitative estimate of drug-likeness (QED) is 0.717. The van der Waals surface area contributed by atoms with Crippen molar-refractivity contribution in [2.75, 3.05) is 7.11 Å². The van der Waals surface area contributed by atoms with Gasteiger partial charge >= 0.3 is 0 Å². The molecule has 0 aliphatic rings. The van der Waals surface area contributed by atoms with E-state index in [2.05, 4.69) is 4.98 Å². The van der Waals surface area contributed by atoms with E-state index in [0.29, 0.717) is 5.02 Å². The van der Waals surface area contributed by atoms with E-state index in [1.54, 1.807) is 13.3 Å². The van der Waals surface area contributed by atoms with Gasteiger partial charge in [-0.3, -0.25) is 4.98 Å². The van der Waals surface area contributed by atoms with E-state index in [-0.39, 0.29) is 0 Å². The van der Waals surface area contributed by atoms with Crippen molar-refractivity contribution in [3.63, 3.8) is 0 Å². The highest BCUT2D eigenvalue weighted by atomic mass is 35.5. The number of fused-ring (bicyclic) bond motifs is 1. The number of aromatic nitrogens is 1. The molecule has 1 aromatic heterocycles. The largest absolute Gasteiger partial charge is 0.494 e. The molecule has 2 rings (SSSR count). The Hall–Kier alpha value is -1.28. The van der Waals surface area contributed by atoms with Crippen LogP contribution in [0.1, 0.15) is 5.56 Å². The van der Waals surface area contributed by atoms with E-state index in [1.807, 2.05) is 25.1 Å². The molecule has 0 fully saturated rings. The summed E-state index contributed by atoms with van der Waals surface area (Å²) in [7, 11) is 1.63. The maximum atomic E-state index is 6.10. The average molecular weight is 208 g/mol. The van der Waals surface area contributed by atoms with Crippen molar-refractivity contribution in [2.45, 2.75) is 6.92 Å². The third-order valence-corrected chi connectivity index (χ3v) is 2.55. The lowest BCUT2D eigenvalue weighted by molar-refractivity contribution is 0.419. The first-order valence-electron chi connectivity index (χ1n) is 4.32. The van der Waals surface area contributed by atoms with Gasteiger partial charge in [0.2, 0.25) is 0 Å². The summed E-state index contributed by atoms with van der Waals surface area (Å²) in [4.78, 5) is 4.26. The van der Waals surface area contributed by atoms with E-state index in [0.717, 1.165) is 22.2 Å². The number of nitrogens with zero attached hydrogens (tertiary/aromatic N) is 1. The first-order chi connectivity index (χ1) is 6.74. The number of methoxy groups -OCH3 is 1. The maximum absolute atomic E-state index is 6.10. The summed E-state index contributed by atoms with van der Waals surface area (Å²) in [6.45, 7) is 2.01. The van der Waals surface area contributed by atoms with Crippen LogP contribution in [0, 0.1) is 6.92 Å². The number of pyridine rings is 1. The topological polar surface area (TPSA) is 22.1 Å². The molecule has 0 saturated heterocycles. The minimum absolute atomic E-state index is 0.714. The maximum Gasteiger partial charge on any atom is 0.145 e. The van der Waals surface area contributed by atoms with Gasteiger partial charge in [-0.05, 0) is 30.7 Å². The molecule has 0 saturated carbocycles. The fourth-order valence-electron chi connectivity index (χ4n) is 1.52. The zero-order valence-corrected chi connectivity index (χ0v) is 8.80. The third kappa shape index (κ3) is 1.32. The van der Waals surface area contributed by atoms with Crippen molar-refractivity contribution in [3.05, 3.63) is 35.0 Å². The second-order valence-electron chi connectivity index (χ2n) is 3.10. The molecule has 0 N–H and O–H groups in total. The Morgan fingerprint density at radius 1 is 1.29 bits per heavy atom. The minimum Gasteiger partial charge on any atom is -0.494 e. The summed E-state index contributed by atoms with van der Waals surface area (Å²) in [5.41, 5.74) is 1.93. The van der Waals surface area contributed by atoms with Crippen LogP contribution >= 0.6 is 11.6 Å². The zero-order valence-electron chi connectivity index (χ0n) is 8.04. The standard InChI is InChI=1S/C11H10ClNO/c1-7-5-6-13-11-9(14-2)4-3-8(12)10(7)11/h3-6H,1-2H3. The summed E-state index contributed by atoms with van der Waals surface area (Å²) >= 11 is 6.10. The lowest BCUT2D eigenvalue weighted by Gasteiger charge is -2.07. The Morgan fingerprint density at radius 2 is 2.07 bits per heavy atom. The third-order valence-electron chi connectivity index (χ3n) is 2.23. The van der Waals surface area contributed by atoms with E-state index in [1.165, 1.54) is 0 Å². The molecule has 0 atom stereocenters. The minimum atomic E-state index is 0.714. The molecular weight excluding hydrogens is 198 g/mol. The van der Waals surface area contributed by atoms with Crippen LogP contribution in [-0.4, -0.2) is 12.1 Å². The molecular formula is C11H10ClNO. The van der Waals surface area contributed by atoms with Gasteiger partial charge in [0.25, 0.3) is 0 Å². The fraction of sp³-hybridized carbons (Fsp3) is 0.182. The van der Waals surface area contributed by atoms with Gasteiger partial charge in [-0.1, -0.05) is 11.6 Å². The molecule has 0 bridgehead atoms. The highest BCUT2D eigenvalue weighted by Crippen LogP contribution is 2.31. The molecule has 1 heterocycles. The van der Waals surface area contributed by atoms with Gasteiger partial charge in [0.15, 0.2) is 0 Å². The van der Waals surface area contributed by atoms with Crippen molar-refractivity contribution in [2.24, 2.45) is 0 Å². The number of benzene rings is 1. The summed E-state index contributed by atoms with van der Waals surface area (Å²) in [6.07, 6.45) is 1.76. The second-order valence-corrected chi connectivity index (χ2v) is 3.51. The van der Waals surface area contributed by atoms with Gasteiger partial charge in [0.1, 0.15) is 11.3 Å². The van der Waals surface area contributed by atoms with Gasteiger partial charge in [0, 0.05) is 11.6 Å². The predicted octanol–water partition coefficient (Wildman–Crippen LogP) is 3.21. The van der Waals surface area contributed by atoms with Crippen LogP contribution in [0.15, 0.2) is 24.4 Å². The molecule has 0 spiro atoms. The Labute approximate surface area is 87.5 Å². The van der Waals surface area contributed by atoms with Crippen LogP contribution < -0.4 is 4.74 Å². The zero-order chi connectivity index (χ0) is 10.1. The fourth-order valence-corrected chi connectivity index (χ4v) is 1.82. The molecule has 3 heteroatoms. The highest BCUT2D eigenvalue weighted by Gasteiger charge is 2.07. The van der Waals surface area contributed by atoms with Crippen LogP contribution in [0.4, 0.5) is 0 Å². The SMILES string of the molecule is COc1ccc(Cl)c2c(C)ccnc12. The highest BCUT2D eigenvalue weighted by molar-refractivity contribution is 6.35. The number of halogens is 1. The number of hydrogen-bond donors (Lipinski definition) is 0. The number of hydrogen-bond acceptors (Lipinski definition) is 2. The first kappa shape index (κ1) is 9.28. The van der Waals surface area contributed by atoms with Gasteiger partial charge < -0.3 is 4.74 Å². The van der Waals surface area contributed by atoms with Gasteiger partial charge in [-0.2, -0.15) is 0 Å². The average Bonchev–Trinajstić information content (AvgIpc) is 2.18. The Morgan fingerprint density at radius 3 is 2.79 bits per heavy atom. The first-order valence-corrected chi connectivity index (χ1v) is 4.69. The van der Waals surface area contributed by atoms with Crippen molar-refractivity contribution in [1.29, 1.82) is 0 Å². The molecule has 72 valence electrons. The van der Waals surface area contributed by atoms with E-state index < -0.39 is 0 Å². The second kappa shape index (κ2) is 3.46. The Bertz CT molecular complexity index is 474. The van der Waals surface area contributed by atoms with E-state index in [4.69, 9.17) is 16.3 Å². The van der Waals surface area contributed by atoms with Crippen LogP contribution in [0.2, 0.25) is 5.02 Å². The lowest BCUT2D eigenvalue weighted by atomic mass is 10.1. The van der Waals surface area contributed by atoms with Crippen molar-refractivity contribution >= 4 is 22.5 Å². The Balaban J connectivity index is 2.91. The van der Waals surface area contributed by atoms with Crippen molar-refractivity contribution < 1.29 is 4.74 Å². The molecule has 2 nitrogen and oxygen atoms in total. The molecule has 0 unspecified atom stereocenters. The summed E-state index contributed by atoms with van der Waals surface area (Å²) in [5, 5.41) is 1.68. The summed E-state index contributed by atoms with van der Waals surface area (Å²) in [5.74, 6) is 0.758. The molecule has 14 heavy (non-hydrogen) atoms. The van der Waals surface area contributed by atoms with Crippen LogP contribution in [-0.2, 0) is 0 Å². The molecule has 0 radical (unpaired) electrons. The van der Waals surface area contributed by atoms with Gasteiger partial charge in [-0.25, -0.2) is 0 Å². The van der Waals surface area contributed by atoms with Crippen LogP contribution in [0.3, 0.4) is 0 Å². The van der Waals surface area contributed by atoms with Gasteiger partial charge in [-0.15, -0.1) is 0 Å². The predicted molar refractivity (Wildman–Crippen MR) is 58.0 cm³/mol. The smallest absolute Gasteiger partial charge is 0.145 e. The molecule has 1 aromatic carbocycles. The molecule has 0 aliphatic carbocycles. The molecule has 0 aliphatic heterocycles. The Kier molecular flexibility index (Phi) is 2.30. The van der Waals surface area contributed by atoms with Crippen LogP contribution in [0.25, 0.3) is 10.9 Å². The van der Waals surface area contributed by atoms with Gasteiger partial charge in [0.05, 0.1) is 12.1 Å². The number of rotatable bonds is 1. The monoisotopic (exact) mass is 207 g/mol. The van der Waals surface area contributed by atoms with E-state index >= 15 is 0 Å². The molecule has 0 amide bonds. The normalized spacial score (nSPS) is 10.5. The summed E-state index contributed by atoms with van der Waals surface area (Å²) < 4.78 is 5.22.